The van der Waals surface area contributed by atoms with Gasteiger partial charge in [0.25, 0.3) is 5.67 Å². The van der Waals surface area contributed by atoms with Gasteiger partial charge in [0, 0.05) is 11.2 Å². The van der Waals surface area contributed by atoms with Gasteiger partial charge in [-0.3, -0.25) is 9.05 Å². The van der Waals surface area contributed by atoms with Crippen molar-refractivity contribution in [3.8, 4) is 0 Å². The van der Waals surface area contributed by atoms with Crippen LogP contribution >= 0.6 is 18.2 Å². The van der Waals surface area contributed by atoms with E-state index in [1.165, 1.54) is 0 Å². The highest BCUT2D eigenvalue weighted by molar-refractivity contribution is 7.81. The second-order valence-corrected chi connectivity index (χ2v) is 5.06. The topological polar surface area (TPSA) is 35.5 Å². The van der Waals surface area contributed by atoms with Gasteiger partial charge >= 0.3 is 13.1 Å². The van der Waals surface area contributed by atoms with Gasteiger partial charge in [0.2, 0.25) is 0 Å². The maximum absolute atomic E-state index is 12.9. The van der Waals surface area contributed by atoms with Gasteiger partial charge < -0.3 is 0 Å². The first-order chi connectivity index (χ1) is 5.66. The fraction of sp³-hybridized carbons (Fsp3) is 1.00. The van der Waals surface area contributed by atoms with Crippen molar-refractivity contribution in [3.63, 3.8) is 0 Å². The zero-order valence-corrected chi connectivity index (χ0v) is 7.63. The van der Waals surface area contributed by atoms with Gasteiger partial charge in [0.05, 0.1) is 0 Å². The quantitative estimate of drug-likeness (QED) is 0.484. The van der Waals surface area contributed by atoms with E-state index in [0.29, 0.717) is 0 Å². The lowest BCUT2D eigenvalue weighted by atomic mass is 10.1. The van der Waals surface area contributed by atoms with E-state index in [1.54, 1.807) is 0 Å². The van der Waals surface area contributed by atoms with Crippen molar-refractivity contribution in [1.82, 2.24) is 0 Å². The molecular weight excluding hydrogens is 238 g/mol. The third kappa shape index (κ3) is 2.34. The maximum atomic E-state index is 12.9. The van der Waals surface area contributed by atoms with E-state index in [9.17, 15) is 22.1 Å². The summed E-state index contributed by atoms with van der Waals surface area (Å²) < 4.78 is 67.1. The Morgan fingerprint density at radius 3 is 2.00 bits per heavy atom. The third-order valence-corrected chi connectivity index (χ3v) is 2.86. The second kappa shape index (κ2) is 3.08. The molecule has 0 aromatic carbocycles. The Hall–Kier alpha value is 0.160. The second-order valence-electron chi connectivity index (χ2n) is 2.44. The zero-order chi connectivity index (χ0) is 10.3. The SMILES string of the molecule is O=P1(Cl)OCC(F)(C(F)(F)F)CO1. The molecule has 1 aliphatic heterocycles. The predicted octanol–water partition coefficient (Wildman–Crippen LogP) is 2.65. The predicted molar refractivity (Wildman–Crippen MR) is 35.3 cm³/mol. The van der Waals surface area contributed by atoms with Crippen LogP contribution in [0, 0.1) is 0 Å². The summed E-state index contributed by atoms with van der Waals surface area (Å²) in [4.78, 5) is 0. The molecule has 13 heavy (non-hydrogen) atoms. The lowest BCUT2D eigenvalue weighted by molar-refractivity contribution is -0.254. The molecule has 9 heteroatoms. The summed E-state index contributed by atoms with van der Waals surface area (Å²) in [7, 11) is 0. The van der Waals surface area contributed by atoms with Crippen LogP contribution in [-0.4, -0.2) is 25.1 Å². The fourth-order valence-corrected chi connectivity index (χ4v) is 1.69. The molecule has 0 atom stereocenters. The van der Waals surface area contributed by atoms with Crippen molar-refractivity contribution >= 4 is 18.2 Å². The molecule has 0 aromatic rings. The molecule has 1 heterocycles. The summed E-state index contributed by atoms with van der Waals surface area (Å²) in [5, 5.41) is 0. The largest absolute Gasteiger partial charge is 0.427 e. The molecule has 0 amide bonds. The summed E-state index contributed by atoms with van der Waals surface area (Å²) in [6, 6.07) is 0. The zero-order valence-electron chi connectivity index (χ0n) is 5.98. The average Bonchev–Trinajstić information content (AvgIpc) is 1.94. The van der Waals surface area contributed by atoms with Crippen LogP contribution in [0.3, 0.4) is 0 Å². The van der Waals surface area contributed by atoms with Crippen molar-refractivity contribution in [2.24, 2.45) is 0 Å². The van der Waals surface area contributed by atoms with E-state index in [4.69, 9.17) is 11.2 Å². The van der Waals surface area contributed by atoms with Gasteiger partial charge in [-0.25, -0.2) is 8.96 Å². The molecule has 1 aliphatic rings. The van der Waals surface area contributed by atoms with Crippen molar-refractivity contribution in [1.29, 1.82) is 0 Å². The van der Waals surface area contributed by atoms with Crippen LogP contribution in [0.15, 0.2) is 0 Å². The molecule has 0 spiro atoms. The Morgan fingerprint density at radius 2 is 1.69 bits per heavy atom. The van der Waals surface area contributed by atoms with Crippen molar-refractivity contribution < 1.29 is 31.2 Å². The summed E-state index contributed by atoms with van der Waals surface area (Å²) in [6.07, 6.45) is -5.12. The summed E-state index contributed by atoms with van der Waals surface area (Å²) in [5.41, 5.74) is -3.63. The van der Waals surface area contributed by atoms with Crippen LogP contribution in [0.25, 0.3) is 0 Å². The standard InChI is InChI=1S/C4H4ClF4O3P/c5-13(10)11-1-3(6,2-12-13)4(7,8)9/h1-2H2. The van der Waals surface area contributed by atoms with E-state index in [2.05, 4.69) is 9.05 Å². The number of rotatable bonds is 0. The molecule has 0 aliphatic carbocycles. The summed E-state index contributed by atoms with van der Waals surface area (Å²) in [6.45, 7) is -6.81. The smallest absolute Gasteiger partial charge is 0.293 e. The lowest BCUT2D eigenvalue weighted by Gasteiger charge is -2.32. The van der Waals surface area contributed by atoms with Crippen molar-refractivity contribution in [3.05, 3.63) is 0 Å². The molecule has 78 valence electrons. The Labute approximate surface area is 75.3 Å². The minimum absolute atomic E-state index is 1.41. The van der Waals surface area contributed by atoms with Crippen LogP contribution < -0.4 is 0 Å². The highest BCUT2D eigenvalue weighted by Crippen LogP contribution is 2.58. The van der Waals surface area contributed by atoms with Crippen LogP contribution in [0.1, 0.15) is 0 Å². The van der Waals surface area contributed by atoms with E-state index >= 15 is 0 Å². The van der Waals surface area contributed by atoms with Crippen molar-refractivity contribution in [2.45, 2.75) is 11.8 Å². The molecule has 0 bridgehead atoms. The van der Waals surface area contributed by atoms with E-state index < -0.39 is 32.0 Å². The Bertz CT molecular complexity index is 242. The van der Waals surface area contributed by atoms with Gasteiger partial charge in [-0.1, -0.05) is 0 Å². The highest BCUT2D eigenvalue weighted by atomic mass is 35.7. The lowest BCUT2D eigenvalue weighted by Crippen LogP contribution is -2.50. The molecule has 1 fully saturated rings. The first-order valence-corrected chi connectivity index (χ1v) is 5.45. The van der Waals surface area contributed by atoms with E-state index in [0.717, 1.165) is 0 Å². The van der Waals surface area contributed by atoms with Gasteiger partial charge in [0.1, 0.15) is 13.2 Å². The number of hydrogen-bond donors (Lipinski definition) is 0. The Kier molecular flexibility index (Phi) is 2.67. The van der Waals surface area contributed by atoms with Gasteiger partial charge in [-0.05, 0) is 0 Å². The molecule has 0 radical (unpaired) electrons. The Morgan fingerprint density at radius 1 is 1.31 bits per heavy atom. The molecule has 1 saturated heterocycles. The van der Waals surface area contributed by atoms with Crippen LogP contribution in [0.2, 0.25) is 0 Å². The monoisotopic (exact) mass is 242 g/mol. The summed E-state index contributed by atoms with van der Waals surface area (Å²) >= 11 is 4.93. The molecule has 1 rings (SSSR count). The fourth-order valence-electron chi connectivity index (χ4n) is 0.601. The maximum Gasteiger partial charge on any atom is 0.427 e. The average molecular weight is 242 g/mol. The van der Waals surface area contributed by atoms with Gasteiger partial charge in [0.15, 0.2) is 0 Å². The van der Waals surface area contributed by atoms with Crippen LogP contribution in [0.5, 0.6) is 0 Å². The van der Waals surface area contributed by atoms with Crippen LogP contribution in [0.4, 0.5) is 17.6 Å². The number of hydrogen-bond acceptors (Lipinski definition) is 3. The van der Waals surface area contributed by atoms with Gasteiger partial charge in [-0.15, -0.1) is 0 Å². The number of alkyl halides is 4. The normalized spacial score (nSPS) is 41.9. The van der Waals surface area contributed by atoms with E-state index in [1.807, 2.05) is 0 Å². The van der Waals surface area contributed by atoms with E-state index in [-0.39, 0.29) is 0 Å². The highest BCUT2D eigenvalue weighted by Gasteiger charge is 2.60. The molecule has 0 N–H and O–H groups in total. The molecule has 0 aromatic heterocycles. The number of halogens is 5. The van der Waals surface area contributed by atoms with Crippen LogP contribution in [-0.2, 0) is 13.6 Å². The first kappa shape index (κ1) is 11.2. The first-order valence-electron chi connectivity index (χ1n) is 3.01. The van der Waals surface area contributed by atoms with Crippen molar-refractivity contribution in [2.75, 3.05) is 13.2 Å². The third-order valence-electron chi connectivity index (χ3n) is 1.40. The molecular formula is C4H4ClF4O3P. The molecule has 0 unspecified atom stereocenters. The minimum atomic E-state index is -5.12. The molecule has 0 saturated carbocycles. The summed E-state index contributed by atoms with van der Waals surface area (Å²) in [5.74, 6) is 0. The molecule has 3 nitrogen and oxygen atoms in total. The Balaban J connectivity index is 2.73. The minimum Gasteiger partial charge on any atom is -0.293 e. The van der Waals surface area contributed by atoms with Gasteiger partial charge in [-0.2, -0.15) is 13.2 Å².